The Morgan fingerprint density at radius 2 is 1.19 bits per heavy atom. The van der Waals surface area contributed by atoms with E-state index < -0.39 is 0 Å². The minimum absolute atomic E-state index is 0.129. The third kappa shape index (κ3) is 3.78. The van der Waals surface area contributed by atoms with E-state index in [1.165, 1.54) is 70.5 Å². The second kappa shape index (κ2) is 9.72. The van der Waals surface area contributed by atoms with E-state index in [0.717, 1.165) is 6.42 Å². The molecule has 3 heteroatoms. The first kappa shape index (κ1) is 24.5. The Morgan fingerprint density at radius 1 is 0.558 bits per heavy atom. The normalized spacial score (nSPS) is 14.2. The van der Waals surface area contributed by atoms with Gasteiger partial charge in [-0.1, -0.05) is 103 Å². The van der Waals surface area contributed by atoms with Crippen molar-refractivity contribution in [3.05, 3.63) is 163 Å². The summed E-state index contributed by atoms with van der Waals surface area (Å²) in [4.78, 5) is 2.53. The van der Waals surface area contributed by atoms with Gasteiger partial charge in [0.2, 0.25) is 0 Å². The molecule has 0 saturated heterocycles. The van der Waals surface area contributed by atoms with Gasteiger partial charge < -0.3 is 9.47 Å². The molecule has 2 nitrogen and oxygen atoms in total. The summed E-state index contributed by atoms with van der Waals surface area (Å²) in [6.07, 6.45) is 0.884. The summed E-state index contributed by atoms with van der Waals surface area (Å²) in [7, 11) is 0. The van der Waals surface area contributed by atoms with E-state index in [0.29, 0.717) is 0 Å². The maximum absolute atomic E-state index is 2.53. The van der Waals surface area contributed by atoms with E-state index in [1.54, 1.807) is 0 Å². The first-order chi connectivity index (χ1) is 21.3. The number of nitrogens with zero attached hydrogens (tertiary/aromatic N) is 2. The van der Waals surface area contributed by atoms with Gasteiger partial charge in [-0.2, -0.15) is 0 Å². The first-order valence-corrected chi connectivity index (χ1v) is 15.7. The monoisotopic (exact) mass is 568 g/mol. The molecule has 0 aliphatic heterocycles. The van der Waals surface area contributed by atoms with Crippen LogP contribution in [0.1, 0.15) is 17.3 Å². The molecule has 1 aliphatic rings. The van der Waals surface area contributed by atoms with Crippen LogP contribution in [0.25, 0.3) is 47.9 Å². The van der Waals surface area contributed by atoms with Crippen molar-refractivity contribution >= 4 is 53.8 Å². The van der Waals surface area contributed by atoms with Crippen LogP contribution in [0.15, 0.2) is 152 Å². The average molecular weight is 569 g/mol. The number of thiophene rings is 1. The standard InChI is InChI=1S/C40H28N2S/c1-3-13-27(14-4-1)41(28-15-5-2-6-16-28)36-26-37-40(33-19-8-7-17-30(33)36)34-20-9-11-21-35(34)42(37)29-23-24-32-31-18-10-12-22-38(31)43-39(32)25-29/h1-25,36H,26H2. The van der Waals surface area contributed by atoms with Gasteiger partial charge in [-0.3, -0.25) is 0 Å². The van der Waals surface area contributed by atoms with Gasteiger partial charge in [0.15, 0.2) is 0 Å². The van der Waals surface area contributed by atoms with Gasteiger partial charge in [0.25, 0.3) is 0 Å². The number of hydrogen-bond donors (Lipinski definition) is 0. The van der Waals surface area contributed by atoms with Crippen LogP contribution in [-0.4, -0.2) is 4.57 Å². The number of benzene rings is 6. The molecule has 43 heavy (non-hydrogen) atoms. The molecule has 0 radical (unpaired) electrons. The lowest BCUT2D eigenvalue weighted by Crippen LogP contribution is -2.29. The van der Waals surface area contributed by atoms with Crippen LogP contribution in [0.5, 0.6) is 0 Å². The van der Waals surface area contributed by atoms with Crippen molar-refractivity contribution in [3.63, 3.8) is 0 Å². The third-order valence-electron chi connectivity index (χ3n) is 8.95. The summed E-state index contributed by atoms with van der Waals surface area (Å²) in [5.41, 5.74) is 10.3. The summed E-state index contributed by atoms with van der Waals surface area (Å²) >= 11 is 1.88. The number of aromatic nitrogens is 1. The van der Waals surface area contributed by atoms with Crippen molar-refractivity contribution in [2.24, 2.45) is 0 Å². The highest BCUT2D eigenvalue weighted by molar-refractivity contribution is 7.25. The highest BCUT2D eigenvalue weighted by Gasteiger charge is 2.34. The minimum atomic E-state index is 0.129. The molecular weight excluding hydrogens is 541 g/mol. The SMILES string of the molecule is c1ccc(N(c2ccccc2)C2Cc3c(c4ccccc4n3-c3ccc4c(c3)sc3ccccc34)-c3ccccc32)cc1. The maximum Gasteiger partial charge on any atom is 0.0652 e. The number of fused-ring (bicyclic) bond motifs is 8. The van der Waals surface area contributed by atoms with E-state index >= 15 is 0 Å². The van der Waals surface area contributed by atoms with Crippen LogP contribution in [-0.2, 0) is 6.42 Å². The van der Waals surface area contributed by atoms with Crippen molar-refractivity contribution in [3.8, 4) is 16.8 Å². The van der Waals surface area contributed by atoms with Crippen LogP contribution in [0.4, 0.5) is 11.4 Å². The topological polar surface area (TPSA) is 8.17 Å². The second-order valence-electron chi connectivity index (χ2n) is 11.3. The molecule has 2 heterocycles. The summed E-state index contributed by atoms with van der Waals surface area (Å²) in [6, 6.07) is 55.6. The highest BCUT2D eigenvalue weighted by atomic mass is 32.1. The molecule has 1 unspecified atom stereocenters. The van der Waals surface area contributed by atoms with Crippen LogP contribution >= 0.6 is 11.3 Å². The van der Waals surface area contributed by atoms with E-state index in [4.69, 9.17) is 0 Å². The molecule has 2 aromatic heterocycles. The molecule has 8 aromatic rings. The number of hydrogen-bond acceptors (Lipinski definition) is 2. The Balaban J connectivity index is 1.31. The van der Waals surface area contributed by atoms with Gasteiger partial charge in [-0.25, -0.2) is 0 Å². The van der Waals surface area contributed by atoms with Crippen LogP contribution in [0, 0.1) is 0 Å². The second-order valence-corrected chi connectivity index (χ2v) is 12.4. The summed E-state index contributed by atoms with van der Waals surface area (Å²) < 4.78 is 5.20. The Bertz CT molecular complexity index is 2240. The van der Waals surface area contributed by atoms with E-state index in [-0.39, 0.29) is 6.04 Å². The van der Waals surface area contributed by atoms with Gasteiger partial charge in [-0.05, 0) is 59.7 Å². The Morgan fingerprint density at radius 3 is 1.98 bits per heavy atom. The molecule has 6 aromatic carbocycles. The molecule has 1 atom stereocenters. The van der Waals surface area contributed by atoms with Gasteiger partial charge in [0.1, 0.15) is 0 Å². The maximum atomic E-state index is 2.53. The molecule has 0 fully saturated rings. The van der Waals surface area contributed by atoms with Gasteiger partial charge in [0, 0.05) is 60.3 Å². The van der Waals surface area contributed by atoms with Crippen LogP contribution in [0.3, 0.4) is 0 Å². The summed E-state index contributed by atoms with van der Waals surface area (Å²) in [5.74, 6) is 0. The van der Waals surface area contributed by atoms with Crippen LogP contribution < -0.4 is 4.90 Å². The van der Waals surface area contributed by atoms with Crippen molar-refractivity contribution in [1.82, 2.24) is 4.57 Å². The first-order valence-electron chi connectivity index (χ1n) is 14.9. The van der Waals surface area contributed by atoms with Crippen molar-refractivity contribution < 1.29 is 0 Å². The van der Waals surface area contributed by atoms with E-state index in [1.807, 2.05) is 11.3 Å². The number of anilines is 2. The Hall–Kier alpha value is -5.12. The third-order valence-corrected chi connectivity index (χ3v) is 10.1. The van der Waals surface area contributed by atoms with E-state index in [2.05, 4.69) is 161 Å². The van der Waals surface area contributed by atoms with Gasteiger partial charge in [-0.15, -0.1) is 11.3 Å². The van der Waals surface area contributed by atoms with Crippen LogP contribution in [0.2, 0.25) is 0 Å². The molecule has 0 saturated carbocycles. The zero-order valence-electron chi connectivity index (χ0n) is 23.5. The molecule has 0 spiro atoms. The fourth-order valence-electron chi connectivity index (χ4n) is 7.16. The molecular formula is C40H28N2S. The zero-order chi connectivity index (χ0) is 28.3. The lowest BCUT2D eigenvalue weighted by molar-refractivity contribution is 0.666. The molecule has 204 valence electrons. The van der Waals surface area contributed by atoms with Crippen molar-refractivity contribution in [2.45, 2.75) is 12.5 Å². The molecule has 1 aliphatic carbocycles. The molecule has 0 bridgehead atoms. The number of rotatable bonds is 4. The fraction of sp³-hybridized carbons (Fsp3) is 0.0500. The minimum Gasteiger partial charge on any atom is -0.334 e. The molecule has 0 N–H and O–H groups in total. The number of para-hydroxylation sites is 3. The average Bonchev–Trinajstić information content (AvgIpc) is 3.61. The molecule has 0 amide bonds. The lowest BCUT2D eigenvalue weighted by atomic mass is 9.83. The Kier molecular flexibility index (Phi) is 5.53. The van der Waals surface area contributed by atoms with E-state index in [9.17, 15) is 0 Å². The fourth-order valence-corrected chi connectivity index (χ4v) is 8.30. The zero-order valence-corrected chi connectivity index (χ0v) is 24.3. The summed E-state index contributed by atoms with van der Waals surface area (Å²) in [5, 5.41) is 3.98. The highest BCUT2D eigenvalue weighted by Crippen LogP contribution is 2.49. The predicted octanol–water partition coefficient (Wildman–Crippen LogP) is 11.1. The smallest absolute Gasteiger partial charge is 0.0652 e. The van der Waals surface area contributed by atoms with Crippen molar-refractivity contribution in [2.75, 3.05) is 4.90 Å². The molecule has 9 rings (SSSR count). The summed E-state index contributed by atoms with van der Waals surface area (Å²) in [6.45, 7) is 0. The largest absolute Gasteiger partial charge is 0.334 e. The van der Waals surface area contributed by atoms with Gasteiger partial charge in [0.05, 0.1) is 11.6 Å². The Labute approximate surface area is 254 Å². The van der Waals surface area contributed by atoms with Crippen molar-refractivity contribution in [1.29, 1.82) is 0 Å². The quantitative estimate of drug-likeness (QED) is 0.205. The van der Waals surface area contributed by atoms with Gasteiger partial charge >= 0.3 is 0 Å². The predicted molar refractivity (Wildman–Crippen MR) is 183 cm³/mol. The lowest BCUT2D eigenvalue weighted by Gasteiger charge is -2.38.